The zero-order chi connectivity index (χ0) is 13.0. The summed E-state index contributed by atoms with van der Waals surface area (Å²) >= 11 is 0. The molecular formula is C12H26N2O2. The monoisotopic (exact) mass is 230 g/mol. The molecule has 96 valence electrons. The van der Waals surface area contributed by atoms with Crippen LogP contribution in [0.3, 0.4) is 0 Å². The number of amides is 1. The van der Waals surface area contributed by atoms with Gasteiger partial charge in [-0.05, 0) is 32.7 Å². The minimum Gasteiger partial charge on any atom is -0.347 e. The fourth-order valence-corrected chi connectivity index (χ4v) is 1.12. The molecule has 0 aliphatic rings. The Morgan fingerprint density at radius 1 is 1.19 bits per heavy atom. The highest BCUT2D eigenvalue weighted by molar-refractivity contribution is 5.86. The van der Waals surface area contributed by atoms with Gasteiger partial charge in [-0.2, -0.15) is 0 Å². The molecule has 4 heteroatoms. The third-order valence-corrected chi connectivity index (χ3v) is 1.82. The second kappa shape index (κ2) is 12.2. The number of carbonyl (C=O) groups excluding carboxylic acids is 2. The summed E-state index contributed by atoms with van der Waals surface area (Å²) in [4.78, 5) is 21.7. The van der Waals surface area contributed by atoms with Crippen molar-refractivity contribution < 1.29 is 9.59 Å². The lowest BCUT2D eigenvalue weighted by Crippen LogP contribution is -2.38. The van der Waals surface area contributed by atoms with E-state index >= 15 is 0 Å². The van der Waals surface area contributed by atoms with Crippen LogP contribution < -0.4 is 11.1 Å². The Labute approximate surface area is 99.0 Å². The lowest BCUT2D eigenvalue weighted by Gasteiger charge is -2.13. The van der Waals surface area contributed by atoms with Crippen LogP contribution in [0.5, 0.6) is 0 Å². The van der Waals surface area contributed by atoms with Crippen LogP contribution in [-0.2, 0) is 9.59 Å². The molecule has 0 fully saturated rings. The van der Waals surface area contributed by atoms with Crippen LogP contribution in [0.25, 0.3) is 0 Å². The van der Waals surface area contributed by atoms with Gasteiger partial charge in [0.15, 0.2) is 5.78 Å². The number of ketones is 1. The van der Waals surface area contributed by atoms with Gasteiger partial charge in [-0.15, -0.1) is 0 Å². The molecule has 3 N–H and O–H groups in total. The average molecular weight is 230 g/mol. The number of Topliss-reactive ketones (excluding diaryl/α,β-unsaturated/α-hetero) is 1. The minimum absolute atomic E-state index is 0.00669. The van der Waals surface area contributed by atoms with Crippen LogP contribution in [-0.4, -0.2) is 24.3 Å². The zero-order valence-electron chi connectivity index (χ0n) is 11.0. The first kappa shape index (κ1) is 17.5. The van der Waals surface area contributed by atoms with Crippen molar-refractivity contribution in [1.82, 2.24) is 5.32 Å². The predicted molar refractivity (Wildman–Crippen MR) is 67.2 cm³/mol. The summed E-state index contributed by atoms with van der Waals surface area (Å²) in [6, 6.07) is -0.330. The molecule has 0 radical (unpaired) electrons. The van der Waals surface area contributed by atoms with E-state index in [9.17, 15) is 9.59 Å². The first-order chi connectivity index (χ1) is 7.49. The second-order valence-corrected chi connectivity index (χ2v) is 3.86. The van der Waals surface area contributed by atoms with Crippen molar-refractivity contribution in [2.75, 3.05) is 6.54 Å². The van der Waals surface area contributed by atoms with Gasteiger partial charge >= 0.3 is 0 Å². The molecule has 0 saturated heterocycles. The third-order valence-electron chi connectivity index (χ3n) is 1.82. The zero-order valence-corrected chi connectivity index (χ0v) is 11.0. The fourth-order valence-electron chi connectivity index (χ4n) is 1.12. The van der Waals surface area contributed by atoms with E-state index in [4.69, 9.17) is 5.73 Å². The largest absolute Gasteiger partial charge is 0.347 e. The summed E-state index contributed by atoms with van der Waals surface area (Å²) in [5.41, 5.74) is 5.32. The van der Waals surface area contributed by atoms with Crippen molar-refractivity contribution in [3.05, 3.63) is 0 Å². The smallest absolute Gasteiger partial charge is 0.217 e. The number of unbranched alkanes of at least 4 members (excludes halogenated alkanes) is 1. The molecule has 0 aliphatic carbocycles. The molecular weight excluding hydrogens is 204 g/mol. The number of nitrogens with one attached hydrogen (secondary N) is 1. The first-order valence-electron chi connectivity index (χ1n) is 5.97. The first-order valence-corrected chi connectivity index (χ1v) is 5.97. The van der Waals surface area contributed by atoms with Crippen LogP contribution in [0, 0.1) is 0 Å². The quantitative estimate of drug-likeness (QED) is 0.681. The SMILES string of the molecule is CC(=O)NC(CCCCN)C(C)=O.CCC. The van der Waals surface area contributed by atoms with Gasteiger partial charge in [0.1, 0.15) is 0 Å². The van der Waals surface area contributed by atoms with E-state index in [2.05, 4.69) is 19.2 Å². The molecule has 0 saturated carbocycles. The molecule has 0 rings (SSSR count). The lowest BCUT2D eigenvalue weighted by atomic mass is 10.1. The number of hydrogen-bond acceptors (Lipinski definition) is 3. The van der Waals surface area contributed by atoms with Crippen LogP contribution >= 0.6 is 0 Å². The lowest BCUT2D eigenvalue weighted by molar-refractivity contribution is -0.125. The summed E-state index contributed by atoms with van der Waals surface area (Å²) < 4.78 is 0. The highest BCUT2D eigenvalue weighted by atomic mass is 16.2. The van der Waals surface area contributed by atoms with Gasteiger partial charge in [0.25, 0.3) is 0 Å². The maximum Gasteiger partial charge on any atom is 0.217 e. The summed E-state index contributed by atoms with van der Waals surface area (Å²) in [5, 5.41) is 2.61. The Morgan fingerprint density at radius 2 is 1.69 bits per heavy atom. The summed E-state index contributed by atoms with van der Waals surface area (Å²) in [7, 11) is 0. The Balaban J connectivity index is 0. The van der Waals surface area contributed by atoms with E-state index in [1.807, 2.05) is 0 Å². The fraction of sp³-hybridized carbons (Fsp3) is 0.833. The highest BCUT2D eigenvalue weighted by Crippen LogP contribution is 2.01. The maximum atomic E-state index is 11.0. The highest BCUT2D eigenvalue weighted by Gasteiger charge is 2.13. The van der Waals surface area contributed by atoms with Gasteiger partial charge in [0, 0.05) is 6.92 Å². The van der Waals surface area contributed by atoms with E-state index in [-0.39, 0.29) is 17.7 Å². The van der Waals surface area contributed by atoms with Gasteiger partial charge in [-0.25, -0.2) is 0 Å². The van der Waals surface area contributed by atoms with Crippen LogP contribution in [0.15, 0.2) is 0 Å². The van der Waals surface area contributed by atoms with Crippen molar-refractivity contribution in [3.8, 4) is 0 Å². The molecule has 0 aromatic heterocycles. The molecule has 0 spiro atoms. The maximum absolute atomic E-state index is 11.0. The van der Waals surface area contributed by atoms with Gasteiger partial charge in [-0.1, -0.05) is 20.3 Å². The average Bonchev–Trinajstić information content (AvgIpc) is 2.17. The molecule has 0 heterocycles. The Morgan fingerprint density at radius 3 is 2.00 bits per heavy atom. The van der Waals surface area contributed by atoms with Crippen molar-refractivity contribution in [2.24, 2.45) is 5.73 Å². The van der Waals surface area contributed by atoms with Crippen LogP contribution in [0.1, 0.15) is 53.4 Å². The van der Waals surface area contributed by atoms with Gasteiger partial charge < -0.3 is 11.1 Å². The molecule has 1 atom stereocenters. The van der Waals surface area contributed by atoms with E-state index in [1.165, 1.54) is 20.3 Å². The molecule has 1 amide bonds. The van der Waals surface area contributed by atoms with Gasteiger partial charge in [-0.3, -0.25) is 9.59 Å². The van der Waals surface area contributed by atoms with Gasteiger partial charge in [0.2, 0.25) is 5.91 Å². The van der Waals surface area contributed by atoms with Crippen molar-refractivity contribution in [3.63, 3.8) is 0 Å². The minimum atomic E-state index is -0.330. The van der Waals surface area contributed by atoms with E-state index in [1.54, 1.807) is 0 Å². The molecule has 0 aromatic rings. The topological polar surface area (TPSA) is 72.2 Å². The van der Waals surface area contributed by atoms with Crippen LogP contribution in [0.2, 0.25) is 0 Å². The van der Waals surface area contributed by atoms with E-state index in [0.29, 0.717) is 13.0 Å². The van der Waals surface area contributed by atoms with E-state index < -0.39 is 0 Å². The number of carbonyl (C=O) groups is 2. The summed E-state index contributed by atoms with van der Waals surface area (Å²) in [6.45, 7) is 7.78. The van der Waals surface area contributed by atoms with Gasteiger partial charge in [0.05, 0.1) is 6.04 Å². The molecule has 0 aliphatic heterocycles. The van der Waals surface area contributed by atoms with Crippen LogP contribution in [0.4, 0.5) is 0 Å². The molecule has 0 bridgehead atoms. The summed E-state index contributed by atoms with van der Waals surface area (Å²) in [6.07, 6.45) is 3.70. The standard InChI is InChI=1S/C9H18N2O2.C3H8/c1-7(12)9(11-8(2)13)5-3-4-6-10;1-3-2/h9H,3-6,10H2,1-2H3,(H,11,13);3H2,1-2H3. The molecule has 16 heavy (non-hydrogen) atoms. The Kier molecular flexibility index (Phi) is 13.3. The molecule has 1 unspecified atom stereocenters. The summed E-state index contributed by atoms with van der Waals surface area (Å²) in [5.74, 6) is -0.153. The Hall–Kier alpha value is -0.900. The number of hydrogen-bond donors (Lipinski definition) is 2. The number of rotatable bonds is 6. The number of nitrogens with two attached hydrogens (primary N) is 1. The van der Waals surface area contributed by atoms with Crippen molar-refractivity contribution in [2.45, 2.75) is 59.4 Å². The van der Waals surface area contributed by atoms with Crippen molar-refractivity contribution in [1.29, 1.82) is 0 Å². The predicted octanol–water partition coefficient (Wildman–Crippen LogP) is 1.63. The van der Waals surface area contributed by atoms with Crippen molar-refractivity contribution >= 4 is 11.7 Å². The third kappa shape index (κ3) is 13.1. The molecule has 4 nitrogen and oxygen atoms in total. The normalized spacial score (nSPS) is 11.1. The second-order valence-electron chi connectivity index (χ2n) is 3.86. The Bertz CT molecular complexity index is 193. The molecule has 0 aromatic carbocycles. The van der Waals surface area contributed by atoms with E-state index in [0.717, 1.165) is 12.8 Å².